The molecule has 0 aliphatic carbocycles. The molecule has 1 atom stereocenters. The molecule has 1 aliphatic heterocycles. The number of hydrogen-bond acceptors (Lipinski definition) is 5. The molecule has 178 valence electrons. The van der Waals surface area contributed by atoms with Gasteiger partial charge in [-0.05, 0) is 55.8 Å². The van der Waals surface area contributed by atoms with Crippen LogP contribution in [0.5, 0.6) is 11.5 Å². The molecule has 7 nitrogen and oxygen atoms in total. The molecule has 34 heavy (non-hydrogen) atoms. The van der Waals surface area contributed by atoms with Crippen molar-refractivity contribution in [3.63, 3.8) is 0 Å². The van der Waals surface area contributed by atoms with Crippen molar-refractivity contribution in [1.29, 1.82) is 0 Å². The number of amides is 1. The third-order valence-electron chi connectivity index (χ3n) is 5.43. The van der Waals surface area contributed by atoms with E-state index in [9.17, 15) is 13.2 Å². The van der Waals surface area contributed by atoms with Gasteiger partial charge in [-0.25, -0.2) is 8.42 Å². The summed E-state index contributed by atoms with van der Waals surface area (Å²) in [7, 11) is -4.03. The largest absolute Gasteiger partial charge is 0.486 e. The summed E-state index contributed by atoms with van der Waals surface area (Å²) in [4.78, 5) is 13.0. The first-order valence-corrected chi connectivity index (χ1v) is 12.6. The van der Waals surface area contributed by atoms with Gasteiger partial charge in [-0.2, -0.15) is 0 Å². The molecular formula is C25H25ClN2O5S. The van der Waals surface area contributed by atoms with Crippen LogP contribution in [0.15, 0.2) is 71.6 Å². The number of rotatable bonds is 7. The van der Waals surface area contributed by atoms with Gasteiger partial charge < -0.3 is 14.8 Å². The summed E-state index contributed by atoms with van der Waals surface area (Å²) < 4.78 is 39.7. The maximum atomic E-state index is 13.5. The highest BCUT2D eigenvalue weighted by atomic mass is 35.5. The van der Waals surface area contributed by atoms with E-state index in [1.54, 1.807) is 43.3 Å². The zero-order valence-electron chi connectivity index (χ0n) is 18.8. The lowest BCUT2D eigenvalue weighted by molar-refractivity contribution is -0.120. The van der Waals surface area contributed by atoms with Crippen LogP contribution < -0.4 is 19.1 Å². The van der Waals surface area contributed by atoms with E-state index in [2.05, 4.69) is 5.32 Å². The second-order valence-corrected chi connectivity index (χ2v) is 10.4. The molecule has 1 aliphatic rings. The average Bonchev–Trinajstić information content (AvgIpc) is 2.83. The van der Waals surface area contributed by atoms with Crippen LogP contribution in [0.2, 0.25) is 5.02 Å². The van der Waals surface area contributed by atoms with Crippen molar-refractivity contribution < 1.29 is 22.7 Å². The van der Waals surface area contributed by atoms with Crippen LogP contribution in [0.25, 0.3) is 0 Å². The lowest BCUT2D eigenvalue weighted by Crippen LogP contribution is -2.45. The predicted octanol–water partition coefficient (Wildman–Crippen LogP) is 4.11. The van der Waals surface area contributed by atoms with Crippen molar-refractivity contribution in [3.8, 4) is 11.5 Å². The highest BCUT2D eigenvalue weighted by molar-refractivity contribution is 7.92. The zero-order chi connectivity index (χ0) is 24.3. The molecule has 0 saturated carbocycles. The molecular weight excluding hydrogens is 476 g/mol. The Bertz CT molecular complexity index is 1290. The second kappa shape index (κ2) is 9.95. The van der Waals surface area contributed by atoms with E-state index in [-0.39, 0.29) is 18.0 Å². The normalized spacial score (nSPS) is 15.0. The Balaban J connectivity index is 1.53. The van der Waals surface area contributed by atoms with Crippen molar-refractivity contribution in [2.45, 2.75) is 24.8 Å². The van der Waals surface area contributed by atoms with Crippen LogP contribution in [-0.4, -0.2) is 40.1 Å². The number of carbonyl (C=O) groups is 1. The Hall–Kier alpha value is -3.23. The van der Waals surface area contributed by atoms with Gasteiger partial charge in [0.1, 0.15) is 19.3 Å². The van der Waals surface area contributed by atoms with Gasteiger partial charge in [0.15, 0.2) is 11.5 Å². The van der Waals surface area contributed by atoms with Gasteiger partial charge >= 0.3 is 0 Å². The summed E-state index contributed by atoms with van der Waals surface area (Å²) in [6.45, 7) is 3.67. The Morgan fingerprint density at radius 1 is 1.06 bits per heavy atom. The van der Waals surface area contributed by atoms with Gasteiger partial charge in [0, 0.05) is 5.02 Å². The molecule has 3 aromatic rings. The van der Waals surface area contributed by atoms with E-state index in [0.717, 1.165) is 9.87 Å². The smallest absolute Gasteiger partial charge is 0.264 e. The predicted molar refractivity (Wildman–Crippen MR) is 131 cm³/mol. The molecule has 0 unspecified atom stereocenters. The number of hydrogen-bond donors (Lipinski definition) is 1. The van der Waals surface area contributed by atoms with Gasteiger partial charge in [0.25, 0.3) is 10.0 Å². The van der Waals surface area contributed by atoms with Crippen molar-refractivity contribution in [2.75, 3.05) is 24.0 Å². The third-order valence-corrected chi connectivity index (χ3v) is 7.44. The fourth-order valence-corrected chi connectivity index (χ4v) is 5.21. The van der Waals surface area contributed by atoms with Crippen molar-refractivity contribution in [2.24, 2.45) is 0 Å². The number of sulfonamides is 1. The number of nitrogens with zero attached hydrogens (tertiary/aromatic N) is 1. The van der Waals surface area contributed by atoms with Crippen molar-refractivity contribution in [3.05, 3.63) is 82.9 Å². The lowest BCUT2D eigenvalue weighted by Gasteiger charge is -2.28. The number of fused-ring (bicyclic) bond motifs is 1. The van der Waals surface area contributed by atoms with Crippen LogP contribution in [0.4, 0.5) is 5.69 Å². The molecule has 0 bridgehead atoms. The van der Waals surface area contributed by atoms with Gasteiger partial charge in [-0.1, -0.05) is 47.5 Å². The highest BCUT2D eigenvalue weighted by Gasteiger charge is 2.29. The Morgan fingerprint density at radius 3 is 2.50 bits per heavy atom. The third kappa shape index (κ3) is 5.29. The SMILES string of the molecule is Cc1ccc(S(=O)(=O)N(CC(=O)NC[C@@H]2COc3ccccc3O2)c2cc(Cl)ccc2C)cc1. The number of benzene rings is 3. The molecule has 0 spiro atoms. The molecule has 0 saturated heterocycles. The van der Waals surface area contributed by atoms with Crippen molar-refractivity contribution in [1.82, 2.24) is 5.32 Å². The fraction of sp³-hybridized carbons (Fsp3) is 0.240. The maximum Gasteiger partial charge on any atom is 0.264 e. The number of ether oxygens (including phenoxy) is 2. The standard InChI is InChI=1S/C25H25ClN2O5S/c1-17-7-11-21(12-8-17)34(30,31)28(22-13-19(26)10-9-18(22)2)15-25(29)27-14-20-16-32-23-5-3-4-6-24(23)33-20/h3-13,20H,14-16H2,1-2H3,(H,27,29)/t20-/m1/s1. The van der Waals surface area contributed by atoms with E-state index in [4.69, 9.17) is 21.1 Å². The van der Waals surface area contributed by atoms with Crippen LogP contribution in [0.1, 0.15) is 11.1 Å². The first kappa shape index (κ1) is 23.9. The van der Waals surface area contributed by atoms with Gasteiger partial charge in [-0.15, -0.1) is 0 Å². The summed E-state index contributed by atoms with van der Waals surface area (Å²) >= 11 is 6.17. The van der Waals surface area contributed by atoms with Gasteiger partial charge in [-0.3, -0.25) is 9.10 Å². The first-order chi connectivity index (χ1) is 16.2. The van der Waals surface area contributed by atoms with E-state index in [1.165, 1.54) is 12.1 Å². The van der Waals surface area contributed by atoms with E-state index >= 15 is 0 Å². The monoisotopic (exact) mass is 500 g/mol. The van der Waals surface area contributed by atoms with Crippen molar-refractivity contribution >= 4 is 33.2 Å². The number of carbonyl (C=O) groups excluding carboxylic acids is 1. The zero-order valence-corrected chi connectivity index (χ0v) is 20.4. The first-order valence-electron chi connectivity index (χ1n) is 10.7. The topological polar surface area (TPSA) is 84.9 Å². The molecule has 1 heterocycles. The summed E-state index contributed by atoms with van der Waals surface area (Å²) in [6.07, 6.45) is -0.395. The molecule has 0 aromatic heterocycles. The molecule has 1 amide bonds. The van der Waals surface area contributed by atoms with Crippen LogP contribution in [0, 0.1) is 13.8 Å². The van der Waals surface area contributed by atoms with E-state index in [0.29, 0.717) is 27.8 Å². The Kier molecular flexibility index (Phi) is 7.00. The quantitative estimate of drug-likeness (QED) is 0.527. The number of aryl methyl sites for hydroxylation is 2. The molecule has 4 rings (SSSR count). The molecule has 9 heteroatoms. The summed E-state index contributed by atoms with van der Waals surface area (Å²) in [5, 5.41) is 3.14. The average molecular weight is 501 g/mol. The van der Waals surface area contributed by atoms with E-state index < -0.39 is 28.6 Å². The minimum absolute atomic E-state index is 0.0888. The molecule has 0 fully saturated rings. The second-order valence-electron chi connectivity index (χ2n) is 8.06. The highest BCUT2D eigenvalue weighted by Crippen LogP contribution is 2.31. The molecule has 1 N–H and O–H groups in total. The van der Waals surface area contributed by atoms with Gasteiger partial charge in [0.05, 0.1) is 17.1 Å². The summed E-state index contributed by atoms with van der Waals surface area (Å²) in [6, 6.07) is 18.7. The summed E-state index contributed by atoms with van der Waals surface area (Å²) in [5.74, 6) is 0.778. The van der Waals surface area contributed by atoms with Crippen LogP contribution in [-0.2, 0) is 14.8 Å². The van der Waals surface area contributed by atoms with Gasteiger partial charge in [0.2, 0.25) is 5.91 Å². The summed E-state index contributed by atoms with van der Waals surface area (Å²) in [5.41, 5.74) is 1.95. The fourth-order valence-electron chi connectivity index (χ4n) is 3.57. The van der Waals surface area contributed by atoms with Crippen LogP contribution >= 0.6 is 11.6 Å². The lowest BCUT2D eigenvalue weighted by atomic mass is 10.2. The number of para-hydroxylation sites is 2. The molecule has 0 radical (unpaired) electrons. The number of nitrogens with one attached hydrogen (secondary N) is 1. The van der Waals surface area contributed by atoms with E-state index in [1.807, 2.05) is 25.1 Å². The Labute approximate surface area is 204 Å². The molecule has 3 aromatic carbocycles. The Morgan fingerprint density at radius 2 is 1.76 bits per heavy atom. The number of anilines is 1. The maximum absolute atomic E-state index is 13.5. The minimum Gasteiger partial charge on any atom is -0.486 e. The number of halogens is 1. The minimum atomic E-state index is -4.03. The van der Waals surface area contributed by atoms with Crippen LogP contribution in [0.3, 0.4) is 0 Å².